The SMILES string of the molecule is CCn1cc(CN2CCN(C(C)C)C(CCO)C2)cn1. The van der Waals surface area contributed by atoms with Crippen LogP contribution in [0, 0.1) is 0 Å². The van der Waals surface area contributed by atoms with Gasteiger partial charge < -0.3 is 5.11 Å². The van der Waals surface area contributed by atoms with E-state index in [0.717, 1.165) is 39.1 Å². The summed E-state index contributed by atoms with van der Waals surface area (Å²) < 4.78 is 1.98. The van der Waals surface area contributed by atoms with E-state index in [9.17, 15) is 5.11 Å². The predicted molar refractivity (Wildman–Crippen MR) is 80.5 cm³/mol. The molecule has 1 aliphatic heterocycles. The normalized spacial score (nSPS) is 21.8. The van der Waals surface area contributed by atoms with Crippen molar-refractivity contribution in [1.29, 1.82) is 0 Å². The lowest BCUT2D eigenvalue weighted by Crippen LogP contribution is -2.55. The van der Waals surface area contributed by atoms with Gasteiger partial charge in [0, 0.05) is 63.2 Å². The van der Waals surface area contributed by atoms with Crippen LogP contribution in [0.4, 0.5) is 0 Å². The average molecular weight is 280 g/mol. The lowest BCUT2D eigenvalue weighted by Gasteiger charge is -2.43. The van der Waals surface area contributed by atoms with Crippen molar-refractivity contribution in [2.75, 3.05) is 26.2 Å². The van der Waals surface area contributed by atoms with Crippen LogP contribution >= 0.6 is 0 Å². The quantitative estimate of drug-likeness (QED) is 0.850. The van der Waals surface area contributed by atoms with Crippen LogP contribution in [0.1, 0.15) is 32.8 Å². The van der Waals surface area contributed by atoms with Gasteiger partial charge in [0.05, 0.1) is 6.20 Å². The maximum atomic E-state index is 9.27. The number of aryl methyl sites for hydroxylation is 1. The first-order valence-corrected chi connectivity index (χ1v) is 7.74. The highest BCUT2D eigenvalue weighted by Crippen LogP contribution is 2.17. The molecule has 2 rings (SSSR count). The highest BCUT2D eigenvalue weighted by atomic mass is 16.3. The molecule has 1 aromatic heterocycles. The molecule has 0 saturated carbocycles. The van der Waals surface area contributed by atoms with Gasteiger partial charge in [-0.3, -0.25) is 14.5 Å². The minimum Gasteiger partial charge on any atom is -0.396 e. The minimum atomic E-state index is 0.273. The molecule has 114 valence electrons. The summed E-state index contributed by atoms with van der Waals surface area (Å²) in [6.45, 7) is 12.0. The first kappa shape index (κ1) is 15.5. The van der Waals surface area contributed by atoms with Crippen molar-refractivity contribution >= 4 is 0 Å². The van der Waals surface area contributed by atoms with Crippen LogP contribution in [0.15, 0.2) is 12.4 Å². The summed E-state index contributed by atoms with van der Waals surface area (Å²) in [5.74, 6) is 0. The van der Waals surface area contributed by atoms with Gasteiger partial charge in [0.2, 0.25) is 0 Å². The molecule has 0 aliphatic carbocycles. The molecule has 5 heteroatoms. The van der Waals surface area contributed by atoms with E-state index in [0.29, 0.717) is 12.1 Å². The molecule has 0 radical (unpaired) electrons. The Morgan fingerprint density at radius 3 is 2.80 bits per heavy atom. The lowest BCUT2D eigenvalue weighted by molar-refractivity contribution is 0.0349. The fraction of sp³-hybridized carbons (Fsp3) is 0.800. The molecule has 5 nitrogen and oxygen atoms in total. The summed E-state index contributed by atoms with van der Waals surface area (Å²) in [5, 5.41) is 13.6. The van der Waals surface area contributed by atoms with Crippen LogP contribution in [-0.4, -0.2) is 63.0 Å². The molecule has 1 unspecified atom stereocenters. The average Bonchev–Trinajstić information content (AvgIpc) is 2.87. The van der Waals surface area contributed by atoms with E-state index >= 15 is 0 Å². The van der Waals surface area contributed by atoms with E-state index < -0.39 is 0 Å². The highest BCUT2D eigenvalue weighted by molar-refractivity contribution is 5.04. The predicted octanol–water partition coefficient (Wildman–Crippen LogP) is 1.18. The van der Waals surface area contributed by atoms with Crippen molar-refractivity contribution < 1.29 is 5.11 Å². The van der Waals surface area contributed by atoms with Crippen LogP contribution in [-0.2, 0) is 13.1 Å². The molecule has 1 fully saturated rings. The Balaban J connectivity index is 1.93. The van der Waals surface area contributed by atoms with Crippen molar-refractivity contribution in [3.63, 3.8) is 0 Å². The van der Waals surface area contributed by atoms with Crippen molar-refractivity contribution in [1.82, 2.24) is 19.6 Å². The first-order valence-electron chi connectivity index (χ1n) is 7.74. The molecule has 0 aromatic carbocycles. The molecule has 0 amide bonds. The van der Waals surface area contributed by atoms with E-state index in [-0.39, 0.29) is 6.61 Å². The Labute approximate surface area is 122 Å². The van der Waals surface area contributed by atoms with Crippen LogP contribution in [0.3, 0.4) is 0 Å². The Morgan fingerprint density at radius 1 is 1.40 bits per heavy atom. The Hall–Kier alpha value is -0.910. The highest BCUT2D eigenvalue weighted by Gasteiger charge is 2.28. The van der Waals surface area contributed by atoms with Crippen molar-refractivity contribution in [2.24, 2.45) is 0 Å². The molecule has 1 aromatic rings. The second-order valence-electron chi connectivity index (χ2n) is 5.94. The third-order valence-electron chi connectivity index (χ3n) is 4.15. The zero-order valence-electron chi connectivity index (χ0n) is 13.0. The van der Waals surface area contributed by atoms with Gasteiger partial charge in [-0.25, -0.2) is 0 Å². The number of hydrogen-bond acceptors (Lipinski definition) is 4. The Bertz CT molecular complexity index is 404. The van der Waals surface area contributed by atoms with Gasteiger partial charge in [-0.1, -0.05) is 0 Å². The molecule has 1 aliphatic rings. The number of aromatic nitrogens is 2. The number of piperazine rings is 1. The Kier molecular flexibility index (Phi) is 5.57. The molecule has 0 bridgehead atoms. The minimum absolute atomic E-state index is 0.273. The second kappa shape index (κ2) is 7.20. The monoisotopic (exact) mass is 280 g/mol. The molecule has 20 heavy (non-hydrogen) atoms. The van der Waals surface area contributed by atoms with Crippen LogP contribution in [0.25, 0.3) is 0 Å². The van der Waals surface area contributed by atoms with E-state index in [4.69, 9.17) is 0 Å². The molecule has 0 spiro atoms. The Morgan fingerprint density at radius 2 is 2.20 bits per heavy atom. The summed E-state index contributed by atoms with van der Waals surface area (Å²) in [6.07, 6.45) is 4.97. The van der Waals surface area contributed by atoms with E-state index in [1.165, 1.54) is 5.56 Å². The topological polar surface area (TPSA) is 44.5 Å². The van der Waals surface area contributed by atoms with Gasteiger partial charge >= 0.3 is 0 Å². The number of aliphatic hydroxyl groups is 1. The van der Waals surface area contributed by atoms with Crippen molar-refractivity contribution in [3.05, 3.63) is 18.0 Å². The molecular weight excluding hydrogens is 252 g/mol. The summed E-state index contributed by atoms with van der Waals surface area (Å²) in [4.78, 5) is 5.00. The second-order valence-corrected chi connectivity index (χ2v) is 5.94. The molecular formula is C15H28N4O. The van der Waals surface area contributed by atoms with Gasteiger partial charge in [0.25, 0.3) is 0 Å². The summed E-state index contributed by atoms with van der Waals surface area (Å²) in [6, 6.07) is 1.02. The van der Waals surface area contributed by atoms with Crippen molar-refractivity contribution in [2.45, 2.75) is 52.4 Å². The van der Waals surface area contributed by atoms with Gasteiger partial charge in [-0.05, 0) is 27.2 Å². The first-order chi connectivity index (χ1) is 9.63. The number of nitrogens with zero attached hydrogens (tertiary/aromatic N) is 4. The standard InChI is InChI=1S/C15H28N4O/c1-4-18-11-14(9-16-18)10-17-6-7-19(13(2)3)15(12-17)5-8-20/h9,11,13,15,20H,4-8,10,12H2,1-3H3. The fourth-order valence-electron chi connectivity index (χ4n) is 3.08. The third kappa shape index (κ3) is 3.81. The zero-order chi connectivity index (χ0) is 14.5. The molecule has 2 heterocycles. The van der Waals surface area contributed by atoms with Crippen LogP contribution in [0.2, 0.25) is 0 Å². The smallest absolute Gasteiger partial charge is 0.0534 e. The fourth-order valence-corrected chi connectivity index (χ4v) is 3.08. The maximum absolute atomic E-state index is 9.27. The molecule has 1 saturated heterocycles. The zero-order valence-corrected chi connectivity index (χ0v) is 13.0. The lowest BCUT2D eigenvalue weighted by atomic mass is 10.1. The van der Waals surface area contributed by atoms with Crippen molar-refractivity contribution in [3.8, 4) is 0 Å². The maximum Gasteiger partial charge on any atom is 0.0534 e. The molecule has 1 atom stereocenters. The molecule has 1 N–H and O–H groups in total. The van der Waals surface area contributed by atoms with Crippen LogP contribution < -0.4 is 0 Å². The summed E-state index contributed by atoms with van der Waals surface area (Å²) in [7, 11) is 0. The third-order valence-corrected chi connectivity index (χ3v) is 4.15. The van der Waals surface area contributed by atoms with E-state index in [2.05, 4.69) is 41.9 Å². The van der Waals surface area contributed by atoms with Gasteiger partial charge in [0.15, 0.2) is 0 Å². The van der Waals surface area contributed by atoms with E-state index in [1.807, 2.05) is 10.9 Å². The largest absolute Gasteiger partial charge is 0.396 e. The van der Waals surface area contributed by atoms with E-state index in [1.54, 1.807) is 0 Å². The summed E-state index contributed by atoms with van der Waals surface area (Å²) in [5.41, 5.74) is 1.28. The van der Waals surface area contributed by atoms with Gasteiger partial charge in [0.1, 0.15) is 0 Å². The number of hydrogen-bond donors (Lipinski definition) is 1. The van der Waals surface area contributed by atoms with Gasteiger partial charge in [-0.15, -0.1) is 0 Å². The van der Waals surface area contributed by atoms with Gasteiger partial charge in [-0.2, -0.15) is 5.10 Å². The number of aliphatic hydroxyl groups excluding tert-OH is 1. The number of rotatable bonds is 6. The van der Waals surface area contributed by atoms with Crippen LogP contribution in [0.5, 0.6) is 0 Å². The summed E-state index contributed by atoms with van der Waals surface area (Å²) >= 11 is 0.